The van der Waals surface area contributed by atoms with Gasteiger partial charge in [-0.2, -0.15) is 0 Å². The van der Waals surface area contributed by atoms with Crippen LogP contribution in [0.15, 0.2) is 42.9 Å². The Morgan fingerprint density at radius 2 is 2.04 bits per heavy atom. The number of likely N-dealkylation sites (tertiary alicyclic amines) is 1. The first kappa shape index (κ1) is 17.2. The number of piperidine rings is 1. The lowest BCUT2D eigenvalue weighted by Crippen LogP contribution is -2.45. The third kappa shape index (κ3) is 4.05. The van der Waals surface area contributed by atoms with Crippen LogP contribution in [0, 0.1) is 5.41 Å². The minimum absolute atomic E-state index is 0.0945. The highest BCUT2D eigenvalue weighted by atomic mass is 16.3. The van der Waals surface area contributed by atoms with Gasteiger partial charge in [0.25, 0.3) is 0 Å². The van der Waals surface area contributed by atoms with Crippen LogP contribution in [-0.4, -0.2) is 39.3 Å². The van der Waals surface area contributed by atoms with Crippen molar-refractivity contribution in [2.45, 2.75) is 45.7 Å². The zero-order valence-electron chi connectivity index (χ0n) is 14.7. The molecule has 0 aliphatic carbocycles. The molecule has 1 saturated heterocycles. The number of aliphatic hydroxyl groups is 1. The van der Waals surface area contributed by atoms with E-state index >= 15 is 0 Å². The maximum absolute atomic E-state index is 9.92. The van der Waals surface area contributed by atoms with E-state index in [4.69, 9.17) is 0 Å². The van der Waals surface area contributed by atoms with E-state index < -0.39 is 0 Å². The molecule has 24 heavy (non-hydrogen) atoms. The molecule has 2 aromatic rings. The van der Waals surface area contributed by atoms with Crippen LogP contribution in [0.25, 0.3) is 0 Å². The van der Waals surface area contributed by atoms with Crippen LogP contribution in [0.3, 0.4) is 0 Å². The summed E-state index contributed by atoms with van der Waals surface area (Å²) >= 11 is 0. The highest BCUT2D eigenvalue weighted by Crippen LogP contribution is 2.34. The van der Waals surface area contributed by atoms with Crippen molar-refractivity contribution in [3.63, 3.8) is 0 Å². The van der Waals surface area contributed by atoms with Crippen molar-refractivity contribution in [1.82, 2.24) is 14.5 Å². The molecule has 1 N–H and O–H groups in total. The number of benzene rings is 1. The van der Waals surface area contributed by atoms with Crippen molar-refractivity contribution in [2.75, 3.05) is 19.7 Å². The number of aromatic nitrogens is 2. The van der Waals surface area contributed by atoms with Crippen molar-refractivity contribution >= 4 is 0 Å². The lowest BCUT2D eigenvalue weighted by molar-refractivity contribution is 0.0208. The number of hydrogen-bond acceptors (Lipinski definition) is 3. The van der Waals surface area contributed by atoms with E-state index in [0.29, 0.717) is 6.61 Å². The average Bonchev–Trinajstić information content (AvgIpc) is 3.03. The van der Waals surface area contributed by atoms with Crippen LogP contribution in [0.1, 0.15) is 43.9 Å². The van der Waals surface area contributed by atoms with Gasteiger partial charge in [0.05, 0.1) is 12.0 Å². The van der Waals surface area contributed by atoms with E-state index in [1.165, 1.54) is 17.7 Å². The molecule has 0 radical (unpaired) electrons. The molecule has 4 nitrogen and oxygen atoms in total. The maximum atomic E-state index is 9.92. The topological polar surface area (TPSA) is 41.3 Å². The maximum Gasteiger partial charge on any atom is 0.0951 e. The summed E-state index contributed by atoms with van der Waals surface area (Å²) in [6.45, 7) is 6.41. The first-order valence-electron chi connectivity index (χ1n) is 9.11. The van der Waals surface area contributed by atoms with Crippen LogP contribution in [0.4, 0.5) is 0 Å². The van der Waals surface area contributed by atoms with Gasteiger partial charge in [0.2, 0.25) is 0 Å². The molecule has 1 aliphatic heterocycles. The smallest absolute Gasteiger partial charge is 0.0951 e. The van der Waals surface area contributed by atoms with E-state index in [0.717, 1.165) is 45.4 Å². The van der Waals surface area contributed by atoms with E-state index in [1.54, 1.807) is 0 Å². The fourth-order valence-electron chi connectivity index (χ4n) is 4.02. The summed E-state index contributed by atoms with van der Waals surface area (Å²) in [5.74, 6) is 0. The number of imidazole rings is 1. The first-order chi connectivity index (χ1) is 11.7. The quantitative estimate of drug-likeness (QED) is 0.848. The summed E-state index contributed by atoms with van der Waals surface area (Å²) in [6, 6.07) is 10.5. The second-order valence-electron chi connectivity index (χ2n) is 7.22. The van der Waals surface area contributed by atoms with Crippen molar-refractivity contribution in [3.05, 3.63) is 54.1 Å². The van der Waals surface area contributed by atoms with E-state index in [-0.39, 0.29) is 5.41 Å². The van der Waals surface area contributed by atoms with Crippen molar-refractivity contribution < 1.29 is 5.11 Å². The van der Waals surface area contributed by atoms with Gasteiger partial charge in [0.1, 0.15) is 0 Å². The largest absolute Gasteiger partial charge is 0.396 e. The van der Waals surface area contributed by atoms with Gasteiger partial charge in [-0.25, -0.2) is 4.98 Å². The molecule has 0 bridgehead atoms. The fourth-order valence-corrected chi connectivity index (χ4v) is 4.02. The first-order valence-corrected chi connectivity index (χ1v) is 9.11. The number of aliphatic hydroxyl groups excluding tert-OH is 1. The zero-order chi connectivity index (χ0) is 16.8. The van der Waals surface area contributed by atoms with Gasteiger partial charge in [-0.15, -0.1) is 0 Å². The zero-order valence-corrected chi connectivity index (χ0v) is 14.7. The van der Waals surface area contributed by atoms with Crippen molar-refractivity contribution in [1.29, 1.82) is 0 Å². The summed E-state index contributed by atoms with van der Waals surface area (Å²) in [6.07, 6.45) is 8.49. The average molecular weight is 327 g/mol. The van der Waals surface area contributed by atoms with Gasteiger partial charge < -0.3 is 9.67 Å². The van der Waals surface area contributed by atoms with Gasteiger partial charge in [0, 0.05) is 37.9 Å². The van der Waals surface area contributed by atoms with E-state index in [2.05, 4.69) is 45.6 Å². The molecule has 0 amide bonds. The molecule has 1 aromatic carbocycles. The van der Waals surface area contributed by atoms with Gasteiger partial charge in [-0.3, -0.25) is 4.90 Å². The lowest BCUT2D eigenvalue weighted by Gasteiger charge is -2.42. The number of hydrogen-bond donors (Lipinski definition) is 1. The van der Waals surface area contributed by atoms with Crippen molar-refractivity contribution in [3.8, 4) is 0 Å². The van der Waals surface area contributed by atoms with Crippen LogP contribution < -0.4 is 0 Å². The second-order valence-corrected chi connectivity index (χ2v) is 7.22. The van der Waals surface area contributed by atoms with Crippen LogP contribution in [-0.2, 0) is 13.1 Å². The summed E-state index contributed by atoms with van der Waals surface area (Å²) in [5.41, 5.74) is 2.65. The Hall–Kier alpha value is -1.65. The number of rotatable bonds is 7. The molecule has 1 atom stereocenters. The van der Waals surface area contributed by atoms with Crippen LogP contribution in [0.2, 0.25) is 0 Å². The third-order valence-corrected chi connectivity index (χ3v) is 5.24. The Kier molecular flexibility index (Phi) is 5.69. The molecular formula is C20H29N3O. The predicted molar refractivity (Wildman–Crippen MR) is 96.7 cm³/mol. The lowest BCUT2D eigenvalue weighted by atomic mass is 9.77. The molecule has 4 heteroatoms. The van der Waals surface area contributed by atoms with E-state index in [9.17, 15) is 5.11 Å². The molecule has 1 aliphatic rings. The predicted octanol–water partition coefficient (Wildman–Crippen LogP) is 3.31. The number of nitrogens with zero attached hydrogens (tertiary/aromatic N) is 3. The summed E-state index contributed by atoms with van der Waals surface area (Å²) in [5, 5.41) is 9.92. The molecule has 130 valence electrons. The molecule has 3 rings (SSSR count). The summed E-state index contributed by atoms with van der Waals surface area (Å²) in [7, 11) is 0. The molecule has 0 spiro atoms. The van der Waals surface area contributed by atoms with Crippen LogP contribution in [0.5, 0.6) is 0 Å². The van der Waals surface area contributed by atoms with Gasteiger partial charge in [-0.1, -0.05) is 43.7 Å². The molecular weight excluding hydrogens is 298 g/mol. The molecule has 1 fully saturated rings. The molecule has 2 heterocycles. The van der Waals surface area contributed by atoms with Gasteiger partial charge in [-0.05, 0) is 31.4 Å². The van der Waals surface area contributed by atoms with Gasteiger partial charge in [0.15, 0.2) is 0 Å². The van der Waals surface area contributed by atoms with Crippen LogP contribution >= 0.6 is 0 Å². The minimum Gasteiger partial charge on any atom is -0.396 e. The normalized spacial score (nSPS) is 21.9. The second kappa shape index (κ2) is 7.95. The highest BCUT2D eigenvalue weighted by Gasteiger charge is 2.34. The molecule has 1 aromatic heterocycles. The standard InChI is InChI=1S/C20H29N3O/c1-2-9-20(16-24)10-6-11-22(15-20)14-19-12-21-17-23(19)13-18-7-4-3-5-8-18/h3-5,7-8,12,17,24H,2,6,9-11,13-16H2,1H3/t20-/m0/s1. The summed E-state index contributed by atoms with van der Waals surface area (Å²) < 4.78 is 2.24. The summed E-state index contributed by atoms with van der Waals surface area (Å²) in [4.78, 5) is 6.86. The fraction of sp³-hybridized carbons (Fsp3) is 0.550. The van der Waals surface area contributed by atoms with E-state index in [1.807, 2.05) is 18.6 Å². The Labute approximate surface area is 145 Å². The third-order valence-electron chi connectivity index (χ3n) is 5.24. The Morgan fingerprint density at radius 1 is 1.21 bits per heavy atom. The molecule has 0 unspecified atom stereocenters. The Morgan fingerprint density at radius 3 is 2.79 bits per heavy atom. The van der Waals surface area contributed by atoms with Crippen molar-refractivity contribution in [2.24, 2.45) is 5.41 Å². The Bertz CT molecular complexity index is 621. The monoisotopic (exact) mass is 327 g/mol. The molecule has 0 saturated carbocycles. The van der Waals surface area contributed by atoms with Gasteiger partial charge >= 0.3 is 0 Å². The highest BCUT2D eigenvalue weighted by molar-refractivity contribution is 5.16. The Balaban J connectivity index is 1.67. The minimum atomic E-state index is 0.0945. The SMILES string of the molecule is CCC[C@]1(CO)CCCN(Cc2cncn2Cc2ccccc2)C1.